The third-order valence-corrected chi connectivity index (χ3v) is 4.91. The van der Waals surface area contributed by atoms with Crippen LogP contribution in [0.2, 0.25) is 0 Å². The predicted octanol–water partition coefficient (Wildman–Crippen LogP) is 5.09. The molecule has 2 heterocycles. The lowest BCUT2D eigenvalue weighted by Gasteiger charge is -2.10. The Hall–Kier alpha value is -3.52. The quantitative estimate of drug-likeness (QED) is 0.520. The summed E-state index contributed by atoms with van der Waals surface area (Å²) in [6.45, 7) is 3.78. The van der Waals surface area contributed by atoms with Crippen LogP contribution < -0.4 is 10.1 Å². The summed E-state index contributed by atoms with van der Waals surface area (Å²) >= 11 is 1.03. The number of aromatic nitrogens is 3. The van der Waals surface area contributed by atoms with Crippen molar-refractivity contribution in [2.75, 3.05) is 5.32 Å². The molecule has 1 amide bonds. The largest absolute Gasteiger partial charge is 0.418 e. The van der Waals surface area contributed by atoms with E-state index < -0.39 is 6.09 Å². The Labute approximate surface area is 165 Å². The van der Waals surface area contributed by atoms with Crippen molar-refractivity contribution in [3.8, 4) is 27.5 Å². The smallest absolute Gasteiger partial charge is 0.395 e. The number of nitrogens with zero attached hydrogens (tertiary/aromatic N) is 3. The van der Waals surface area contributed by atoms with E-state index in [-0.39, 0.29) is 0 Å². The molecular weight excluding hydrogens is 376 g/mol. The number of nitrogens with one attached hydrogen (secondary N) is 1. The molecule has 0 spiro atoms. The summed E-state index contributed by atoms with van der Waals surface area (Å²) in [6.07, 6.45) is 1.04. The number of ether oxygens (including phenoxy) is 1. The van der Waals surface area contributed by atoms with Gasteiger partial charge in [-0.3, -0.25) is 5.32 Å². The van der Waals surface area contributed by atoms with Crippen molar-refractivity contribution in [3.63, 3.8) is 0 Å². The number of benzene rings is 2. The van der Waals surface area contributed by atoms with E-state index in [9.17, 15) is 4.79 Å². The summed E-state index contributed by atoms with van der Waals surface area (Å²) in [5, 5.41) is 10.7. The van der Waals surface area contributed by atoms with Crippen LogP contribution in [0.1, 0.15) is 11.3 Å². The van der Waals surface area contributed by atoms with E-state index in [1.165, 1.54) is 0 Å². The molecule has 0 aliphatic rings. The molecule has 7 nitrogen and oxygen atoms in total. The monoisotopic (exact) mass is 392 g/mol. The molecule has 1 N–H and O–H groups in total. The van der Waals surface area contributed by atoms with Crippen molar-refractivity contribution in [2.24, 2.45) is 0 Å². The number of hydrogen-bond acceptors (Lipinski definition) is 7. The van der Waals surface area contributed by atoms with Crippen LogP contribution in [-0.2, 0) is 0 Å². The Morgan fingerprint density at radius 3 is 2.54 bits per heavy atom. The summed E-state index contributed by atoms with van der Waals surface area (Å²) in [5.74, 6) is 0.718. The fraction of sp³-hybridized carbons (Fsp3) is 0.100. The highest BCUT2D eigenvalue weighted by molar-refractivity contribution is 7.07. The molecule has 8 heteroatoms. The summed E-state index contributed by atoms with van der Waals surface area (Å²) in [6, 6.07) is 15.5. The maximum atomic E-state index is 12.0. The molecule has 0 fully saturated rings. The molecule has 2 aromatic carbocycles. The molecule has 0 aliphatic heterocycles. The maximum Gasteiger partial charge on any atom is 0.418 e. The van der Waals surface area contributed by atoms with Gasteiger partial charge in [0.1, 0.15) is 5.69 Å². The van der Waals surface area contributed by atoms with Gasteiger partial charge in [-0.2, -0.15) is 0 Å². The summed E-state index contributed by atoms with van der Waals surface area (Å²) in [7, 11) is 0. The van der Waals surface area contributed by atoms with Crippen molar-refractivity contribution < 1.29 is 14.1 Å². The molecule has 0 aliphatic carbocycles. The van der Waals surface area contributed by atoms with E-state index in [1.54, 1.807) is 13.1 Å². The van der Waals surface area contributed by atoms with E-state index in [1.807, 2.05) is 42.5 Å². The second-order valence-electron chi connectivity index (χ2n) is 6.14. The summed E-state index contributed by atoms with van der Waals surface area (Å²) in [5.41, 5.74) is 5.41. The van der Waals surface area contributed by atoms with Crippen LogP contribution in [0, 0.1) is 13.8 Å². The number of aryl methyl sites for hydroxylation is 2. The van der Waals surface area contributed by atoms with Crippen molar-refractivity contribution >= 4 is 23.3 Å². The number of rotatable bonds is 4. The van der Waals surface area contributed by atoms with Gasteiger partial charge in [0.15, 0.2) is 5.76 Å². The van der Waals surface area contributed by atoms with Gasteiger partial charge in [0.2, 0.25) is 5.06 Å². The molecule has 28 heavy (non-hydrogen) atoms. The van der Waals surface area contributed by atoms with Crippen LogP contribution in [0.5, 0.6) is 5.06 Å². The molecule has 4 aromatic rings. The van der Waals surface area contributed by atoms with Crippen LogP contribution in [0.3, 0.4) is 0 Å². The van der Waals surface area contributed by atoms with E-state index in [0.717, 1.165) is 39.5 Å². The molecule has 0 radical (unpaired) electrons. The van der Waals surface area contributed by atoms with E-state index >= 15 is 0 Å². The Balaban J connectivity index is 1.51. The van der Waals surface area contributed by atoms with Gasteiger partial charge < -0.3 is 9.26 Å². The minimum absolute atomic E-state index is 0.383. The Morgan fingerprint density at radius 2 is 1.86 bits per heavy atom. The first-order valence-electron chi connectivity index (χ1n) is 8.50. The number of amides is 1. The third kappa shape index (κ3) is 3.77. The van der Waals surface area contributed by atoms with Gasteiger partial charge in [0.25, 0.3) is 0 Å². The number of carbonyl (C=O) groups excluding carboxylic acids is 1. The average molecular weight is 392 g/mol. The standard InChI is InChI=1S/C20H16N4O3S/c1-12-3-4-15(18-9-10-21-27-18)11-17(12)14-5-7-16(8-6-14)22-20(25)26-19-13(2)23-24-28-19/h3-11H,1-2H3,(H,22,25). The Kier molecular flexibility index (Phi) is 4.86. The summed E-state index contributed by atoms with van der Waals surface area (Å²) in [4.78, 5) is 12.0. The van der Waals surface area contributed by atoms with Crippen LogP contribution in [-0.4, -0.2) is 20.8 Å². The Morgan fingerprint density at radius 1 is 1.07 bits per heavy atom. The molecule has 0 saturated carbocycles. The first-order valence-corrected chi connectivity index (χ1v) is 9.27. The van der Waals surface area contributed by atoms with Crippen LogP contribution >= 0.6 is 11.5 Å². The highest BCUT2D eigenvalue weighted by atomic mass is 32.1. The fourth-order valence-corrected chi connectivity index (χ4v) is 3.25. The number of anilines is 1. The lowest BCUT2D eigenvalue weighted by atomic mass is 9.97. The first kappa shape index (κ1) is 17.9. The minimum Gasteiger partial charge on any atom is -0.395 e. The minimum atomic E-state index is -0.578. The van der Waals surface area contributed by atoms with Gasteiger partial charge >= 0.3 is 6.09 Å². The number of hydrogen-bond donors (Lipinski definition) is 1. The van der Waals surface area contributed by atoms with Crippen LogP contribution in [0.4, 0.5) is 10.5 Å². The SMILES string of the molecule is Cc1ccc(-c2ccno2)cc1-c1ccc(NC(=O)Oc2snnc2C)cc1. The zero-order chi connectivity index (χ0) is 19.5. The van der Waals surface area contributed by atoms with Gasteiger partial charge in [0.05, 0.1) is 6.20 Å². The van der Waals surface area contributed by atoms with Gasteiger partial charge in [-0.1, -0.05) is 33.9 Å². The van der Waals surface area contributed by atoms with Crippen molar-refractivity contribution in [3.05, 3.63) is 66.0 Å². The zero-order valence-corrected chi connectivity index (χ0v) is 16.0. The molecule has 0 unspecified atom stereocenters. The maximum absolute atomic E-state index is 12.0. The molecule has 140 valence electrons. The Bertz CT molecular complexity index is 1100. The van der Waals surface area contributed by atoms with Gasteiger partial charge in [-0.25, -0.2) is 4.79 Å². The predicted molar refractivity (Wildman–Crippen MR) is 106 cm³/mol. The summed E-state index contributed by atoms with van der Waals surface area (Å²) < 4.78 is 14.2. The topological polar surface area (TPSA) is 90.1 Å². The molecule has 0 bridgehead atoms. The van der Waals surface area contributed by atoms with Crippen molar-refractivity contribution in [1.82, 2.24) is 14.7 Å². The molecule has 0 atom stereocenters. The lowest BCUT2D eigenvalue weighted by molar-refractivity contribution is 0.216. The van der Waals surface area contributed by atoms with E-state index in [4.69, 9.17) is 9.26 Å². The van der Waals surface area contributed by atoms with E-state index in [2.05, 4.69) is 33.1 Å². The van der Waals surface area contributed by atoms with Gasteiger partial charge in [-0.15, -0.1) is 5.10 Å². The second-order valence-corrected chi connectivity index (χ2v) is 6.86. The molecule has 4 rings (SSSR count). The van der Waals surface area contributed by atoms with Gasteiger partial charge in [-0.05, 0) is 48.7 Å². The molecule has 0 saturated heterocycles. The highest BCUT2D eigenvalue weighted by Crippen LogP contribution is 2.30. The zero-order valence-electron chi connectivity index (χ0n) is 15.2. The van der Waals surface area contributed by atoms with Gasteiger partial charge in [0, 0.05) is 28.8 Å². The molecular formula is C20H16N4O3S. The third-order valence-electron chi connectivity index (χ3n) is 4.20. The lowest BCUT2D eigenvalue weighted by Crippen LogP contribution is -2.16. The fourth-order valence-electron chi connectivity index (χ4n) is 2.73. The highest BCUT2D eigenvalue weighted by Gasteiger charge is 2.11. The first-order chi connectivity index (χ1) is 13.6. The molecule has 2 aromatic heterocycles. The van der Waals surface area contributed by atoms with Crippen molar-refractivity contribution in [2.45, 2.75) is 13.8 Å². The average Bonchev–Trinajstić information content (AvgIpc) is 3.36. The normalized spacial score (nSPS) is 10.6. The number of carbonyl (C=O) groups is 1. The second kappa shape index (κ2) is 7.61. The van der Waals surface area contributed by atoms with Crippen LogP contribution in [0.15, 0.2) is 59.3 Å². The van der Waals surface area contributed by atoms with E-state index in [0.29, 0.717) is 16.4 Å². The van der Waals surface area contributed by atoms with Crippen LogP contribution in [0.25, 0.3) is 22.5 Å². The van der Waals surface area contributed by atoms with Crippen molar-refractivity contribution in [1.29, 1.82) is 0 Å².